The molecule has 0 spiro atoms. The number of nitrogens with zero attached hydrogens (tertiary/aromatic N) is 1. The summed E-state index contributed by atoms with van der Waals surface area (Å²) in [5.41, 5.74) is 2.99. The number of ether oxygens (including phenoxy) is 1. The van der Waals surface area contributed by atoms with Crippen molar-refractivity contribution in [2.75, 3.05) is 6.61 Å². The third-order valence-corrected chi connectivity index (χ3v) is 5.37. The molecule has 0 aliphatic rings. The Balaban J connectivity index is 2.16. The van der Waals surface area contributed by atoms with E-state index in [1.807, 2.05) is 58.0 Å². The molecule has 0 heterocycles. The third-order valence-electron chi connectivity index (χ3n) is 5.12. The molecule has 2 aromatic carbocycles. The minimum Gasteiger partial charge on any atom is -0.483 e. The molecule has 0 aliphatic carbocycles. The second-order valence-corrected chi connectivity index (χ2v) is 8.14. The van der Waals surface area contributed by atoms with Crippen molar-refractivity contribution in [3.63, 3.8) is 0 Å². The summed E-state index contributed by atoms with van der Waals surface area (Å²) in [5, 5.41) is 3.58. The van der Waals surface area contributed by atoms with Crippen LogP contribution in [-0.2, 0) is 16.1 Å². The maximum Gasteiger partial charge on any atom is 0.261 e. The lowest BCUT2D eigenvalue weighted by Crippen LogP contribution is -2.50. The zero-order valence-corrected chi connectivity index (χ0v) is 19.1. The van der Waals surface area contributed by atoms with E-state index in [1.165, 1.54) is 0 Å². The van der Waals surface area contributed by atoms with E-state index >= 15 is 0 Å². The molecule has 162 valence electrons. The van der Waals surface area contributed by atoms with Gasteiger partial charge in [-0.15, -0.1) is 0 Å². The van der Waals surface area contributed by atoms with Crippen LogP contribution in [0.1, 0.15) is 43.9 Å². The summed E-state index contributed by atoms with van der Waals surface area (Å²) in [5.74, 6) is 0.229. The Morgan fingerprint density at radius 2 is 1.77 bits per heavy atom. The van der Waals surface area contributed by atoms with Crippen LogP contribution in [0.3, 0.4) is 0 Å². The second-order valence-electron chi connectivity index (χ2n) is 7.70. The van der Waals surface area contributed by atoms with Gasteiger partial charge >= 0.3 is 0 Å². The summed E-state index contributed by atoms with van der Waals surface area (Å²) in [4.78, 5) is 27.3. The summed E-state index contributed by atoms with van der Waals surface area (Å²) in [6.07, 6.45) is 0.819. The highest BCUT2D eigenvalue weighted by Crippen LogP contribution is 2.19. The topological polar surface area (TPSA) is 58.6 Å². The van der Waals surface area contributed by atoms with E-state index in [0.29, 0.717) is 17.3 Å². The monoisotopic (exact) mass is 430 g/mol. The number of carbonyl (C=O) groups excluding carboxylic acids is 2. The number of hydrogen-bond acceptors (Lipinski definition) is 3. The van der Waals surface area contributed by atoms with Gasteiger partial charge in [0.1, 0.15) is 11.8 Å². The standard InChI is InChI=1S/C24H31ClN2O3/c1-6-18(4)26-24(29)19(5)27(14-20-8-10-21(25)11-9-20)23(28)15-30-22-12-7-16(2)13-17(22)3/h7-13,18-19H,6,14-15H2,1-5H3,(H,26,29)/t18-,19+/m0/s1. The highest BCUT2D eigenvalue weighted by Gasteiger charge is 2.27. The summed E-state index contributed by atoms with van der Waals surface area (Å²) < 4.78 is 5.78. The highest BCUT2D eigenvalue weighted by molar-refractivity contribution is 6.30. The van der Waals surface area contributed by atoms with Crippen molar-refractivity contribution < 1.29 is 14.3 Å². The number of nitrogens with one attached hydrogen (secondary N) is 1. The summed E-state index contributed by atoms with van der Waals surface area (Å²) in [7, 11) is 0. The summed E-state index contributed by atoms with van der Waals surface area (Å²) in [6.45, 7) is 9.79. The summed E-state index contributed by atoms with van der Waals surface area (Å²) >= 11 is 5.98. The van der Waals surface area contributed by atoms with Gasteiger partial charge in [0.15, 0.2) is 6.61 Å². The van der Waals surface area contributed by atoms with Crippen LogP contribution in [0, 0.1) is 13.8 Å². The quantitative estimate of drug-likeness (QED) is 0.629. The first kappa shape index (κ1) is 23.7. The molecule has 0 bridgehead atoms. The third kappa shape index (κ3) is 6.77. The molecule has 0 saturated heterocycles. The predicted molar refractivity (Wildman–Crippen MR) is 121 cm³/mol. The van der Waals surface area contributed by atoms with E-state index in [0.717, 1.165) is 23.1 Å². The Morgan fingerprint density at radius 1 is 1.10 bits per heavy atom. The number of benzene rings is 2. The Bertz CT molecular complexity index is 867. The molecule has 6 heteroatoms. The van der Waals surface area contributed by atoms with Crippen molar-refractivity contribution in [1.29, 1.82) is 0 Å². The molecule has 0 fully saturated rings. The molecule has 0 aliphatic heterocycles. The highest BCUT2D eigenvalue weighted by atomic mass is 35.5. The smallest absolute Gasteiger partial charge is 0.261 e. The number of amides is 2. The van der Waals surface area contributed by atoms with Gasteiger partial charge in [0, 0.05) is 17.6 Å². The van der Waals surface area contributed by atoms with Gasteiger partial charge in [-0.1, -0.05) is 48.4 Å². The molecule has 0 unspecified atom stereocenters. The molecule has 0 saturated carbocycles. The minimum atomic E-state index is -0.634. The first-order chi connectivity index (χ1) is 14.2. The lowest BCUT2D eigenvalue weighted by Gasteiger charge is -2.29. The van der Waals surface area contributed by atoms with E-state index in [1.54, 1.807) is 24.0 Å². The second kappa shape index (κ2) is 11.0. The number of aryl methyl sites for hydroxylation is 2. The zero-order chi connectivity index (χ0) is 22.3. The Kier molecular flexibility index (Phi) is 8.72. The van der Waals surface area contributed by atoms with Crippen LogP contribution in [-0.4, -0.2) is 35.4 Å². The van der Waals surface area contributed by atoms with E-state index < -0.39 is 6.04 Å². The fraction of sp³-hybridized carbons (Fsp3) is 0.417. The van der Waals surface area contributed by atoms with Crippen molar-refractivity contribution in [1.82, 2.24) is 10.2 Å². The molecular formula is C24H31ClN2O3. The van der Waals surface area contributed by atoms with Gasteiger partial charge in [-0.05, 0) is 63.4 Å². The molecule has 0 radical (unpaired) electrons. The van der Waals surface area contributed by atoms with Crippen molar-refractivity contribution in [3.05, 3.63) is 64.2 Å². The number of hydrogen-bond donors (Lipinski definition) is 1. The molecule has 2 aromatic rings. The maximum atomic E-state index is 13.1. The summed E-state index contributed by atoms with van der Waals surface area (Å²) in [6, 6.07) is 12.5. The molecule has 2 amide bonds. The average Bonchev–Trinajstić information content (AvgIpc) is 2.71. The molecule has 30 heavy (non-hydrogen) atoms. The maximum absolute atomic E-state index is 13.1. The van der Waals surface area contributed by atoms with Gasteiger partial charge < -0.3 is 15.0 Å². The van der Waals surface area contributed by atoms with Gasteiger partial charge in [0.25, 0.3) is 5.91 Å². The zero-order valence-electron chi connectivity index (χ0n) is 18.4. The Morgan fingerprint density at radius 3 is 2.37 bits per heavy atom. The van der Waals surface area contributed by atoms with Crippen molar-refractivity contribution in [3.8, 4) is 5.75 Å². The molecular weight excluding hydrogens is 400 g/mol. The SMILES string of the molecule is CC[C@H](C)NC(=O)[C@@H](C)N(Cc1ccc(Cl)cc1)C(=O)COc1ccc(C)cc1C. The Labute approximate surface area is 184 Å². The van der Waals surface area contributed by atoms with Crippen LogP contribution < -0.4 is 10.1 Å². The van der Waals surface area contributed by atoms with Crippen LogP contribution in [0.15, 0.2) is 42.5 Å². The van der Waals surface area contributed by atoms with Gasteiger partial charge in [0.2, 0.25) is 5.91 Å². The molecule has 2 atom stereocenters. The predicted octanol–water partition coefficient (Wildman–Crippen LogP) is 4.67. The van der Waals surface area contributed by atoms with Crippen molar-refractivity contribution in [2.45, 2.75) is 59.7 Å². The van der Waals surface area contributed by atoms with Gasteiger partial charge in [0.05, 0.1) is 0 Å². The van der Waals surface area contributed by atoms with Crippen LogP contribution >= 0.6 is 11.6 Å². The van der Waals surface area contributed by atoms with Gasteiger partial charge in [-0.25, -0.2) is 0 Å². The lowest BCUT2D eigenvalue weighted by atomic mass is 10.1. The average molecular weight is 431 g/mol. The Hall–Kier alpha value is -2.53. The molecule has 5 nitrogen and oxygen atoms in total. The minimum absolute atomic E-state index is 0.0406. The van der Waals surface area contributed by atoms with E-state index in [4.69, 9.17) is 16.3 Å². The first-order valence-corrected chi connectivity index (χ1v) is 10.6. The molecule has 1 N–H and O–H groups in total. The van der Waals surface area contributed by atoms with Gasteiger partial charge in [-0.3, -0.25) is 9.59 Å². The largest absolute Gasteiger partial charge is 0.483 e. The van der Waals surface area contributed by atoms with Gasteiger partial charge in [-0.2, -0.15) is 0 Å². The number of carbonyl (C=O) groups is 2. The molecule has 2 rings (SSSR count). The van der Waals surface area contributed by atoms with Crippen LogP contribution in [0.25, 0.3) is 0 Å². The fourth-order valence-electron chi connectivity index (χ4n) is 3.02. The fourth-order valence-corrected chi connectivity index (χ4v) is 3.14. The van der Waals surface area contributed by atoms with E-state index in [-0.39, 0.29) is 24.5 Å². The number of rotatable bonds is 9. The van der Waals surface area contributed by atoms with Crippen molar-refractivity contribution in [2.24, 2.45) is 0 Å². The van der Waals surface area contributed by atoms with E-state index in [9.17, 15) is 9.59 Å². The van der Waals surface area contributed by atoms with Crippen molar-refractivity contribution >= 4 is 23.4 Å². The number of halogens is 1. The van der Waals surface area contributed by atoms with Crippen LogP contribution in [0.4, 0.5) is 0 Å². The lowest BCUT2D eigenvalue weighted by molar-refractivity contribution is -0.142. The van der Waals surface area contributed by atoms with Crippen LogP contribution in [0.2, 0.25) is 5.02 Å². The normalized spacial score (nSPS) is 12.7. The molecule has 0 aromatic heterocycles. The van der Waals surface area contributed by atoms with E-state index in [2.05, 4.69) is 5.32 Å². The van der Waals surface area contributed by atoms with Crippen LogP contribution in [0.5, 0.6) is 5.75 Å². The first-order valence-electron chi connectivity index (χ1n) is 10.3.